The van der Waals surface area contributed by atoms with Crippen LogP contribution in [0.2, 0.25) is 0 Å². The molecule has 0 amide bonds. The Morgan fingerprint density at radius 3 is 2.64 bits per heavy atom. The van der Waals surface area contributed by atoms with Gasteiger partial charge in [0.2, 0.25) is 0 Å². The van der Waals surface area contributed by atoms with E-state index in [0.29, 0.717) is 6.61 Å². The summed E-state index contributed by atoms with van der Waals surface area (Å²) in [5.41, 5.74) is 1.42. The number of rotatable bonds is 5. The average Bonchev–Trinajstić information content (AvgIpc) is 2.64. The first-order valence-electron chi connectivity index (χ1n) is 5.24. The van der Waals surface area contributed by atoms with Gasteiger partial charge in [-0.3, -0.25) is 0 Å². The van der Waals surface area contributed by atoms with E-state index < -0.39 is 0 Å². The van der Waals surface area contributed by atoms with Crippen molar-refractivity contribution in [3.8, 4) is 0 Å². The molecule has 1 heteroatoms. The van der Waals surface area contributed by atoms with Gasteiger partial charge in [-0.1, -0.05) is 29.9 Å². The maximum atomic E-state index is 5.89. The third-order valence-corrected chi connectivity index (χ3v) is 2.75. The molecule has 1 rings (SSSR count). The van der Waals surface area contributed by atoms with Gasteiger partial charge in [0.25, 0.3) is 0 Å². The fourth-order valence-electron chi connectivity index (χ4n) is 1.84. The van der Waals surface area contributed by atoms with Gasteiger partial charge in [-0.15, -0.1) is 6.58 Å². The molecule has 0 atom stereocenters. The Morgan fingerprint density at radius 1 is 1.50 bits per heavy atom. The predicted octanol–water partition coefficient (Wildman–Crippen LogP) is 3.63. The molecule has 0 spiro atoms. The monoisotopic (exact) mass is 192 g/mol. The molecule has 78 valence electrons. The maximum Gasteiger partial charge on any atom is 0.0792 e. The zero-order valence-electron chi connectivity index (χ0n) is 9.25. The van der Waals surface area contributed by atoms with Gasteiger partial charge in [0, 0.05) is 0 Å². The van der Waals surface area contributed by atoms with E-state index in [1.54, 1.807) is 0 Å². The van der Waals surface area contributed by atoms with E-state index in [9.17, 15) is 0 Å². The molecule has 0 bridgehead atoms. The van der Waals surface area contributed by atoms with Gasteiger partial charge in [0.1, 0.15) is 0 Å². The van der Waals surface area contributed by atoms with Gasteiger partial charge in [-0.25, -0.2) is 0 Å². The smallest absolute Gasteiger partial charge is 0.0792 e. The quantitative estimate of drug-likeness (QED) is 0.604. The molecule has 1 aliphatic rings. The van der Waals surface area contributed by atoms with Crippen molar-refractivity contribution in [2.45, 2.75) is 38.7 Å². The molecule has 0 heterocycles. The van der Waals surface area contributed by atoms with Crippen LogP contribution < -0.4 is 0 Å². The van der Waals surface area contributed by atoms with E-state index in [4.69, 9.17) is 4.74 Å². The van der Waals surface area contributed by atoms with E-state index in [-0.39, 0.29) is 5.60 Å². The van der Waals surface area contributed by atoms with Crippen molar-refractivity contribution >= 4 is 0 Å². The van der Waals surface area contributed by atoms with Crippen molar-refractivity contribution < 1.29 is 4.74 Å². The summed E-state index contributed by atoms with van der Waals surface area (Å²) in [5, 5.41) is 0. The van der Waals surface area contributed by atoms with E-state index in [0.717, 1.165) is 19.3 Å². The summed E-state index contributed by atoms with van der Waals surface area (Å²) in [6, 6.07) is 0. The van der Waals surface area contributed by atoms with Crippen LogP contribution in [0.25, 0.3) is 0 Å². The lowest BCUT2D eigenvalue weighted by atomic mass is 9.92. The number of hydrogen-bond acceptors (Lipinski definition) is 1. The van der Waals surface area contributed by atoms with Crippen molar-refractivity contribution in [2.75, 3.05) is 6.61 Å². The summed E-state index contributed by atoms with van der Waals surface area (Å²) in [6.45, 7) is 8.59. The molecule has 0 aromatic rings. The summed E-state index contributed by atoms with van der Waals surface area (Å²) in [7, 11) is 0. The largest absolute Gasteiger partial charge is 0.370 e. The first-order valence-corrected chi connectivity index (χ1v) is 5.24. The molecule has 0 saturated heterocycles. The molecule has 0 N–H and O–H groups in total. The highest BCUT2D eigenvalue weighted by molar-refractivity contribution is 5.12. The van der Waals surface area contributed by atoms with Gasteiger partial charge in [0.05, 0.1) is 12.2 Å². The van der Waals surface area contributed by atoms with E-state index >= 15 is 0 Å². The van der Waals surface area contributed by atoms with Crippen LogP contribution in [0.3, 0.4) is 0 Å². The second-order valence-corrected chi connectivity index (χ2v) is 3.97. The topological polar surface area (TPSA) is 9.23 Å². The molecular weight excluding hydrogens is 172 g/mol. The summed E-state index contributed by atoms with van der Waals surface area (Å²) in [6.07, 6.45) is 11.5. The van der Waals surface area contributed by atoms with Gasteiger partial charge in [0.15, 0.2) is 0 Å². The fourth-order valence-corrected chi connectivity index (χ4v) is 1.84. The maximum absolute atomic E-state index is 5.89. The van der Waals surface area contributed by atoms with Gasteiger partial charge >= 0.3 is 0 Å². The molecule has 0 aliphatic heterocycles. The fraction of sp³-hybridized carbons (Fsp3) is 0.538. The van der Waals surface area contributed by atoms with Crippen LogP contribution in [0.15, 0.2) is 36.5 Å². The molecule has 0 aromatic heterocycles. The van der Waals surface area contributed by atoms with Crippen LogP contribution >= 0.6 is 0 Å². The minimum Gasteiger partial charge on any atom is -0.370 e. The van der Waals surface area contributed by atoms with Crippen molar-refractivity contribution in [1.82, 2.24) is 0 Å². The molecule has 0 saturated carbocycles. The van der Waals surface area contributed by atoms with Crippen molar-refractivity contribution in [1.29, 1.82) is 0 Å². The molecule has 0 radical (unpaired) electrons. The average molecular weight is 192 g/mol. The third kappa shape index (κ3) is 2.85. The molecule has 0 aromatic carbocycles. The summed E-state index contributed by atoms with van der Waals surface area (Å²) >= 11 is 0. The standard InChI is InChI=1S/C13H20O/c1-4-10-14-13(8-6-7-9-13)11-12(3)5-2/h4-7H,1,8-11H2,2-3H3/b12-5+. The van der Waals surface area contributed by atoms with Crippen LogP contribution in [-0.2, 0) is 4.74 Å². The highest BCUT2D eigenvalue weighted by Gasteiger charge is 2.31. The zero-order chi connectivity index (χ0) is 10.4. The minimum absolute atomic E-state index is 0.0186. The molecule has 1 nitrogen and oxygen atoms in total. The number of ether oxygens (including phenoxy) is 1. The molecule has 0 fully saturated rings. The Labute approximate surface area is 87.2 Å². The Morgan fingerprint density at radius 2 is 2.14 bits per heavy atom. The van der Waals surface area contributed by atoms with Crippen molar-refractivity contribution in [3.63, 3.8) is 0 Å². The third-order valence-electron chi connectivity index (χ3n) is 2.75. The van der Waals surface area contributed by atoms with Crippen LogP contribution in [0, 0.1) is 0 Å². The van der Waals surface area contributed by atoms with Crippen LogP contribution in [-0.4, -0.2) is 12.2 Å². The van der Waals surface area contributed by atoms with Gasteiger partial charge < -0.3 is 4.74 Å². The van der Waals surface area contributed by atoms with Gasteiger partial charge in [-0.2, -0.15) is 0 Å². The van der Waals surface area contributed by atoms with Crippen LogP contribution in [0.4, 0.5) is 0 Å². The Kier molecular flexibility index (Phi) is 4.15. The molecule has 14 heavy (non-hydrogen) atoms. The van der Waals surface area contributed by atoms with Crippen LogP contribution in [0.1, 0.15) is 33.1 Å². The summed E-state index contributed by atoms with van der Waals surface area (Å²) < 4.78 is 5.89. The molecular formula is C13H20O. The first-order chi connectivity index (χ1) is 6.72. The van der Waals surface area contributed by atoms with Crippen molar-refractivity contribution in [3.05, 3.63) is 36.5 Å². The molecule has 0 unspecified atom stereocenters. The highest BCUT2D eigenvalue weighted by Crippen LogP contribution is 2.33. The highest BCUT2D eigenvalue weighted by atomic mass is 16.5. The number of hydrogen-bond donors (Lipinski definition) is 0. The second-order valence-electron chi connectivity index (χ2n) is 3.97. The normalized spacial score (nSPS) is 20.0. The summed E-state index contributed by atoms with van der Waals surface area (Å²) in [4.78, 5) is 0. The zero-order valence-corrected chi connectivity index (χ0v) is 9.25. The van der Waals surface area contributed by atoms with E-state index in [1.165, 1.54) is 5.57 Å². The lowest BCUT2D eigenvalue weighted by Crippen LogP contribution is -2.29. The lowest BCUT2D eigenvalue weighted by Gasteiger charge is -2.29. The molecule has 1 aliphatic carbocycles. The van der Waals surface area contributed by atoms with Gasteiger partial charge in [-0.05, 0) is 33.1 Å². The first kappa shape index (κ1) is 11.3. The predicted molar refractivity (Wildman–Crippen MR) is 61.3 cm³/mol. The Bertz CT molecular complexity index is 240. The van der Waals surface area contributed by atoms with Crippen molar-refractivity contribution in [2.24, 2.45) is 0 Å². The second kappa shape index (κ2) is 5.16. The SMILES string of the molecule is C=CCOC1(C/C(C)=C/C)CC=CC1. The lowest BCUT2D eigenvalue weighted by molar-refractivity contribution is -0.0204. The number of allylic oxidation sites excluding steroid dienone is 1. The minimum atomic E-state index is 0.0186. The Balaban J connectivity index is 2.58. The van der Waals surface area contributed by atoms with Crippen LogP contribution in [0.5, 0.6) is 0 Å². The van der Waals surface area contributed by atoms with E-state index in [2.05, 4.69) is 38.7 Å². The Hall–Kier alpha value is -0.820. The summed E-state index contributed by atoms with van der Waals surface area (Å²) in [5.74, 6) is 0. The van der Waals surface area contributed by atoms with E-state index in [1.807, 2.05) is 6.08 Å².